The van der Waals surface area contributed by atoms with Crippen molar-refractivity contribution in [3.8, 4) is 0 Å². The lowest BCUT2D eigenvalue weighted by atomic mass is 10.2. The molecular formula is C26H16Br4O2S2. The number of benzene rings is 2. The van der Waals surface area contributed by atoms with Gasteiger partial charge in [0.15, 0.2) is 11.6 Å². The Labute approximate surface area is 239 Å². The number of carbonyl (C=O) groups is 2. The van der Waals surface area contributed by atoms with Gasteiger partial charge < -0.3 is 0 Å². The maximum Gasteiger partial charge on any atom is 0.195 e. The number of thiophene rings is 2. The van der Waals surface area contributed by atoms with Gasteiger partial charge in [-0.25, -0.2) is 0 Å². The highest BCUT2D eigenvalue weighted by molar-refractivity contribution is 9.11. The molecule has 0 fully saturated rings. The summed E-state index contributed by atoms with van der Waals surface area (Å²) in [5.74, 6) is 0.0490. The number of allylic oxidation sites excluding steroid dienone is 2. The molecule has 2 aromatic carbocycles. The average Bonchev–Trinajstić information content (AvgIpc) is 3.46. The van der Waals surface area contributed by atoms with E-state index >= 15 is 0 Å². The van der Waals surface area contributed by atoms with E-state index in [4.69, 9.17) is 0 Å². The van der Waals surface area contributed by atoms with Crippen molar-refractivity contribution in [2.45, 2.75) is 0 Å². The van der Waals surface area contributed by atoms with Crippen LogP contribution in [0.15, 0.2) is 101 Å². The Morgan fingerprint density at radius 3 is 1.26 bits per heavy atom. The van der Waals surface area contributed by atoms with Crippen molar-refractivity contribution < 1.29 is 9.59 Å². The summed E-state index contributed by atoms with van der Waals surface area (Å²) in [6.45, 7) is 0. The molecule has 34 heavy (non-hydrogen) atoms. The molecule has 8 heteroatoms. The van der Waals surface area contributed by atoms with Crippen molar-refractivity contribution in [3.05, 3.63) is 122 Å². The molecule has 0 bridgehead atoms. The Morgan fingerprint density at radius 1 is 0.559 bits per heavy atom. The fourth-order valence-electron chi connectivity index (χ4n) is 2.61. The molecule has 0 N–H and O–H groups in total. The van der Waals surface area contributed by atoms with E-state index in [2.05, 4.69) is 63.7 Å². The number of hydrogen-bond acceptors (Lipinski definition) is 4. The van der Waals surface area contributed by atoms with Crippen molar-refractivity contribution in [3.63, 3.8) is 0 Å². The highest BCUT2D eigenvalue weighted by Crippen LogP contribution is 2.24. The van der Waals surface area contributed by atoms with E-state index < -0.39 is 0 Å². The molecule has 2 heterocycles. The van der Waals surface area contributed by atoms with E-state index in [1.165, 1.54) is 22.7 Å². The predicted octanol–water partition coefficient (Wildman–Crippen LogP) is 10.3. The van der Waals surface area contributed by atoms with Crippen LogP contribution < -0.4 is 0 Å². The second-order valence-electron chi connectivity index (χ2n) is 6.65. The van der Waals surface area contributed by atoms with Crippen LogP contribution in [0, 0.1) is 0 Å². The average molecular weight is 744 g/mol. The molecule has 0 atom stereocenters. The van der Waals surface area contributed by atoms with Gasteiger partial charge in [-0.3, -0.25) is 9.59 Å². The van der Waals surface area contributed by atoms with Crippen molar-refractivity contribution in [1.82, 2.24) is 0 Å². The van der Waals surface area contributed by atoms with E-state index in [0.717, 1.165) is 37.4 Å². The molecule has 4 rings (SSSR count). The standard InChI is InChI=1S/2C13H8Br2OS/c2*14-10-4-2-1-3-9(10)5-6-11(16)12-7-8-13(15)17-12/h2*1-8H/b2*6-5+. The maximum absolute atomic E-state index is 11.8. The van der Waals surface area contributed by atoms with E-state index in [1.54, 1.807) is 12.2 Å². The molecule has 0 aliphatic carbocycles. The van der Waals surface area contributed by atoms with Gasteiger partial charge in [0.05, 0.1) is 17.3 Å². The summed E-state index contributed by atoms with van der Waals surface area (Å²) < 4.78 is 3.90. The zero-order valence-electron chi connectivity index (χ0n) is 17.4. The summed E-state index contributed by atoms with van der Waals surface area (Å²) in [6, 6.07) is 23.0. The molecule has 0 saturated heterocycles. The molecule has 0 saturated carbocycles. The summed E-state index contributed by atoms with van der Waals surface area (Å²) in [5, 5.41) is 0. The van der Waals surface area contributed by atoms with Crippen LogP contribution >= 0.6 is 86.4 Å². The molecule has 4 aromatic rings. The van der Waals surface area contributed by atoms with Gasteiger partial charge in [0, 0.05) is 8.95 Å². The van der Waals surface area contributed by atoms with Gasteiger partial charge in [-0.1, -0.05) is 68.3 Å². The molecule has 172 valence electrons. The van der Waals surface area contributed by atoms with Gasteiger partial charge in [0.2, 0.25) is 0 Å². The quantitative estimate of drug-likeness (QED) is 0.146. The van der Waals surface area contributed by atoms with Crippen molar-refractivity contribution in [2.24, 2.45) is 0 Å². The Morgan fingerprint density at radius 2 is 0.941 bits per heavy atom. The topological polar surface area (TPSA) is 34.1 Å². The number of halogens is 4. The van der Waals surface area contributed by atoms with Gasteiger partial charge in [-0.15, -0.1) is 22.7 Å². The van der Waals surface area contributed by atoms with Crippen LogP contribution in [0.4, 0.5) is 0 Å². The number of rotatable bonds is 6. The summed E-state index contributed by atoms with van der Waals surface area (Å²) >= 11 is 16.4. The monoisotopic (exact) mass is 740 g/mol. The Hall–Kier alpha value is -1.42. The summed E-state index contributed by atoms with van der Waals surface area (Å²) in [7, 11) is 0. The minimum atomic E-state index is 0.0245. The molecule has 0 spiro atoms. The highest BCUT2D eigenvalue weighted by atomic mass is 79.9. The SMILES string of the molecule is O=C(/C=C/c1ccccc1Br)c1ccc(Br)s1.O=C(/C=C/c1ccccc1Br)c1ccc(Br)s1. The first-order valence-corrected chi connectivity index (χ1v) is 14.6. The van der Waals surface area contributed by atoms with Crippen LogP contribution in [0.25, 0.3) is 12.2 Å². The third kappa shape index (κ3) is 8.36. The van der Waals surface area contributed by atoms with Crippen LogP contribution in [0.2, 0.25) is 0 Å². The smallest absolute Gasteiger partial charge is 0.195 e. The van der Waals surface area contributed by atoms with Crippen molar-refractivity contribution in [1.29, 1.82) is 0 Å². The number of carbonyl (C=O) groups excluding carboxylic acids is 2. The van der Waals surface area contributed by atoms with Gasteiger partial charge in [-0.05, 0) is 104 Å². The van der Waals surface area contributed by atoms with E-state index in [1.807, 2.05) is 84.9 Å². The van der Waals surface area contributed by atoms with Gasteiger partial charge >= 0.3 is 0 Å². The lowest BCUT2D eigenvalue weighted by molar-refractivity contribution is 0.104. The molecular weight excluding hydrogens is 728 g/mol. The first-order valence-electron chi connectivity index (χ1n) is 9.78. The van der Waals surface area contributed by atoms with E-state index in [0.29, 0.717) is 0 Å². The van der Waals surface area contributed by atoms with Crippen molar-refractivity contribution >= 4 is 110 Å². The summed E-state index contributed by atoms with van der Waals surface area (Å²) in [4.78, 5) is 25.1. The van der Waals surface area contributed by atoms with Crippen LogP contribution in [-0.2, 0) is 0 Å². The van der Waals surface area contributed by atoms with Crippen molar-refractivity contribution in [2.75, 3.05) is 0 Å². The maximum atomic E-state index is 11.8. The zero-order chi connectivity index (χ0) is 24.5. The van der Waals surface area contributed by atoms with Crippen LogP contribution in [0.3, 0.4) is 0 Å². The summed E-state index contributed by atoms with van der Waals surface area (Å²) in [6.07, 6.45) is 6.83. The normalized spacial score (nSPS) is 10.9. The number of ketones is 2. The second kappa shape index (κ2) is 13.6. The Balaban J connectivity index is 0.000000191. The van der Waals surface area contributed by atoms with E-state index in [9.17, 15) is 9.59 Å². The largest absolute Gasteiger partial charge is 0.288 e. The fraction of sp³-hybridized carbons (Fsp3) is 0. The Bertz CT molecular complexity index is 1250. The molecule has 0 unspecified atom stereocenters. The second-order valence-corrected chi connectivity index (χ2v) is 13.3. The van der Waals surface area contributed by atoms with E-state index in [-0.39, 0.29) is 11.6 Å². The molecule has 2 nitrogen and oxygen atoms in total. The van der Waals surface area contributed by atoms with Gasteiger partial charge in [0.1, 0.15) is 0 Å². The molecule has 0 amide bonds. The molecule has 0 aliphatic rings. The molecule has 2 aromatic heterocycles. The third-order valence-corrected chi connectivity index (χ3v) is 8.99. The highest BCUT2D eigenvalue weighted by Gasteiger charge is 2.06. The Kier molecular flexibility index (Phi) is 10.9. The van der Waals surface area contributed by atoms with Gasteiger partial charge in [0.25, 0.3) is 0 Å². The third-order valence-electron chi connectivity index (χ3n) is 4.27. The van der Waals surface area contributed by atoms with Crippen LogP contribution in [0.5, 0.6) is 0 Å². The first kappa shape index (κ1) is 27.2. The minimum absolute atomic E-state index is 0.0245. The predicted molar refractivity (Wildman–Crippen MR) is 159 cm³/mol. The molecule has 0 radical (unpaired) electrons. The van der Waals surface area contributed by atoms with Gasteiger partial charge in [-0.2, -0.15) is 0 Å². The lowest BCUT2D eigenvalue weighted by Gasteiger charge is -1.96. The number of hydrogen-bond donors (Lipinski definition) is 0. The first-order chi connectivity index (χ1) is 16.3. The lowest BCUT2D eigenvalue weighted by Crippen LogP contribution is -1.88. The zero-order valence-corrected chi connectivity index (χ0v) is 25.4. The molecule has 0 aliphatic heterocycles. The van der Waals surface area contributed by atoms with Crippen LogP contribution in [-0.4, -0.2) is 11.6 Å². The van der Waals surface area contributed by atoms with Crippen LogP contribution in [0.1, 0.15) is 30.5 Å². The summed E-state index contributed by atoms with van der Waals surface area (Å²) in [5.41, 5.74) is 1.99. The minimum Gasteiger partial charge on any atom is -0.288 e. The fourth-order valence-corrected chi connectivity index (χ4v) is 6.06.